The minimum atomic E-state index is -1.08. The topological polar surface area (TPSA) is 84.3 Å². The molecule has 0 aliphatic carbocycles. The van der Waals surface area contributed by atoms with E-state index < -0.39 is 5.60 Å². The second kappa shape index (κ2) is 9.43. The lowest BCUT2D eigenvalue weighted by atomic mass is 9.93. The minimum Gasteiger partial charge on any atom is -0.456 e. The van der Waals surface area contributed by atoms with E-state index in [0.29, 0.717) is 34.3 Å². The predicted octanol–water partition coefficient (Wildman–Crippen LogP) is 6.33. The van der Waals surface area contributed by atoms with Crippen LogP contribution in [0.15, 0.2) is 47.4 Å². The molecule has 4 rings (SSSR count). The Morgan fingerprint density at radius 1 is 1.06 bits per heavy atom. The SMILES string of the molecule is CCC(=O)c1cc2c(-c3cc(C(C)(C)O)ccc3Oc3c(C)cc(CC)cc3C)cn(C)c(=O)c2[nH]1. The number of aryl methyl sites for hydroxylation is 4. The third-order valence-electron chi connectivity index (χ3n) is 6.70. The zero-order valence-electron chi connectivity index (χ0n) is 22.1. The lowest BCUT2D eigenvalue weighted by Gasteiger charge is -2.22. The fourth-order valence-corrected chi connectivity index (χ4v) is 4.61. The number of nitrogens with one attached hydrogen (secondary N) is 1. The summed E-state index contributed by atoms with van der Waals surface area (Å²) in [5, 5.41) is 11.4. The highest BCUT2D eigenvalue weighted by molar-refractivity contribution is 6.03. The molecule has 0 unspecified atom stereocenters. The Morgan fingerprint density at radius 2 is 1.72 bits per heavy atom. The number of hydrogen-bond donors (Lipinski definition) is 2. The van der Waals surface area contributed by atoms with Gasteiger partial charge in [0, 0.05) is 36.2 Å². The molecule has 0 aliphatic rings. The molecule has 188 valence electrons. The quantitative estimate of drug-likeness (QED) is 0.299. The van der Waals surface area contributed by atoms with Gasteiger partial charge in [-0.3, -0.25) is 9.59 Å². The molecule has 2 N–H and O–H groups in total. The van der Waals surface area contributed by atoms with Crippen molar-refractivity contribution in [1.29, 1.82) is 0 Å². The number of nitrogens with zero attached hydrogens (tertiary/aromatic N) is 1. The summed E-state index contributed by atoms with van der Waals surface area (Å²) in [6.45, 7) is 11.4. The number of aromatic amines is 1. The molecule has 2 aromatic heterocycles. The van der Waals surface area contributed by atoms with Crippen LogP contribution in [0.3, 0.4) is 0 Å². The van der Waals surface area contributed by atoms with Crippen LogP contribution in [0, 0.1) is 13.8 Å². The summed E-state index contributed by atoms with van der Waals surface area (Å²) < 4.78 is 8.04. The molecule has 36 heavy (non-hydrogen) atoms. The average molecular weight is 487 g/mol. The van der Waals surface area contributed by atoms with Crippen LogP contribution in [-0.4, -0.2) is 20.4 Å². The van der Waals surface area contributed by atoms with E-state index in [1.165, 1.54) is 10.1 Å². The van der Waals surface area contributed by atoms with Crippen molar-refractivity contribution in [2.75, 3.05) is 0 Å². The molecule has 4 aromatic rings. The molecule has 0 atom stereocenters. The Balaban J connectivity index is 2.00. The average Bonchev–Trinajstić information content (AvgIpc) is 3.28. The Bertz CT molecular complexity index is 1510. The maximum absolute atomic E-state index is 12.9. The molecule has 0 amide bonds. The highest BCUT2D eigenvalue weighted by Crippen LogP contribution is 2.41. The summed E-state index contributed by atoms with van der Waals surface area (Å²) in [4.78, 5) is 28.4. The zero-order chi connectivity index (χ0) is 26.4. The van der Waals surface area contributed by atoms with E-state index in [1.807, 2.05) is 32.0 Å². The van der Waals surface area contributed by atoms with E-state index in [0.717, 1.165) is 34.4 Å². The van der Waals surface area contributed by atoms with E-state index >= 15 is 0 Å². The van der Waals surface area contributed by atoms with Gasteiger partial charge in [-0.2, -0.15) is 0 Å². The minimum absolute atomic E-state index is 0.0665. The molecular weight excluding hydrogens is 452 g/mol. The normalized spacial score (nSPS) is 11.8. The highest BCUT2D eigenvalue weighted by Gasteiger charge is 2.23. The predicted molar refractivity (Wildman–Crippen MR) is 144 cm³/mol. The lowest BCUT2D eigenvalue weighted by molar-refractivity contribution is 0.0786. The van der Waals surface area contributed by atoms with Crippen molar-refractivity contribution in [1.82, 2.24) is 9.55 Å². The van der Waals surface area contributed by atoms with Gasteiger partial charge in [0.25, 0.3) is 5.56 Å². The maximum Gasteiger partial charge on any atom is 0.274 e. The van der Waals surface area contributed by atoms with Crippen molar-refractivity contribution in [2.24, 2.45) is 7.05 Å². The second-order valence-electron chi connectivity index (χ2n) is 9.99. The van der Waals surface area contributed by atoms with Crippen LogP contribution in [0.2, 0.25) is 0 Å². The van der Waals surface area contributed by atoms with E-state index in [1.54, 1.807) is 40.1 Å². The zero-order valence-corrected chi connectivity index (χ0v) is 22.1. The van der Waals surface area contributed by atoms with Gasteiger partial charge in [-0.05, 0) is 74.6 Å². The van der Waals surface area contributed by atoms with E-state index in [2.05, 4.69) is 24.0 Å². The number of pyridine rings is 1. The number of Topliss-reactive ketones (excluding diaryl/α,β-unsaturated/α-hetero) is 1. The molecule has 2 aromatic carbocycles. The number of ether oxygens (including phenoxy) is 1. The number of carbonyl (C=O) groups is 1. The summed E-state index contributed by atoms with van der Waals surface area (Å²) in [5.41, 5.74) is 4.96. The first-order chi connectivity index (χ1) is 16.9. The van der Waals surface area contributed by atoms with Gasteiger partial charge in [0.1, 0.15) is 17.0 Å². The molecule has 0 bridgehead atoms. The fourth-order valence-electron chi connectivity index (χ4n) is 4.61. The molecule has 0 saturated carbocycles. The summed E-state index contributed by atoms with van der Waals surface area (Å²) >= 11 is 0. The Kier molecular flexibility index (Phi) is 6.67. The van der Waals surface area contributed by atoms with Gasteiger partial charge in [0.2, 0.25) is 0 Å². The molecule has 0 spiro atoms. The van der Waals surface area contributed by atoms with E-state index in [-0.39, 0.29) is 11.3 Å². The van der Waals surface area contributed by atoms with Crippen molar-refractivity contribution in [2.45, 2.75) is 60.0 Å². The number of rotatable bonds is 7. The number of ketones is 1. The number of benzene rings is 2. The molecular formula is C30H34N2O4. The Hall–Kier alpha value is -3.64. The molecule has 0 aliphatic heterocycles. The van der Waals surface area contributed by atoms with Crippen molar-refractivity contribution in [3.63, 3.8) is 0 Å². The standard InChI is InChI=1S/C30H34N2O4/c1-8-19-12-17(3)28(18(4)13-19)36-26-11-10-20(30(5,6)35)14-21(26)23-16-32(7)29(34)27-22(23)15-24(31-27)25(33)9-2/h10-16,31,35H,8-9H2,1-7H3. The summed E-state index contributed by atoms with van der Waals surface area (Å²) in [6, 6.07) is 11.6. The van der Waals surface area contributed by atoms with Gasteiger partial charge < -0.3 is 19.4 Å². The van der Waals surface area contributed by atoms with Gasteiger partial charge in [0.05, 0.1) is 11.3 Å². The van der Waals surface area contributed by atoms with Crippen LogP contribution < -0.4 is 10.3 Å². The first-order valence-corrected chi connectivity index (χ1v) is 12.3. The van der Waals surface area contributed by atoms with E-state index in [9.17, 15) is 14.7 Å². The van der Waals surface area contributed by atoms with Crippen molar-refractivity contribution < 1.29 is 14.6 Å². The number of fused-ring (bicyclic) bond motifs is 1. The number of hydrogen-bond acceptors (Lipinski definition) is 4. The van der Waals surface area contributed by atoms with Gasteiger partial charge in [0.15, 0.2) is 5.78 Å². The molecule has 6 heteroatoms. The summed E-state index contributed by atoms with van der Waals surface area (Å²) in [7, 11) is 1.69. The monoisotopic (exact) mass is 486 g/mol. The first-order valence-electron chi connectivity index (χ1n) is 12.3. The molecule has 0 fully saturated rings. The van der Waals surface area contributed by atoms with Crippen LogP contribution in [0.25, 0.3) is 22.0 Å². The van der Waals surface area contributed by atoms with Gasteiger partial charge in [-0.15, -0.1) is 0 Å². The van der Waals surface area contributed by atoms with Gasteiger partial charge in [-0.1, -0.05) is 32.0 Å². The molecule has 0 saturated heterocycles. The van der Waals surface area contributed by atoms with Crippen molar-refractivity contribution in [3.8, 4) is 22.6 Å². The van der Waals surface area contributed by atoms with Crippen LogP contribution in [0.4, 0.5) is 0 Å². The molecule has 2 heterocycles. The number of aromatic nitrogens is 2. The summed E-state index contributed by atoms with van der Waals surface area (Å²) in [6.07, 6.45) is 3.03. The Morgan fingerprint density at radius 3 is 2.31 bits per heavy atom. The van der Waals surface area contributed by atoms with Crippen molar-refractivity contribution in [3.05, 3.63) is 80.9 Å². The van der Waals surface area contributed by atoms with Crippen LogP contribution in [0.5, 0.6) is 11.5 Å². The Labute approximate surface area is 211 Å². The van der Waals surface area contributed by atoms with Crippen LogP contribution >= 0.6 is 0 Å². The maximum atomic E-state index is 12.9. The molecule has 0 radical (unpaired) electrons. The molecule has 6 nitrogen and oxygen atoms in total. The van der Waals surface area contributed by atoms with Gasteiger partial charge >= 0.3 is 0 Å². The van der Waals surface area contributed by atoms with Crippen molar-refractivity contribution >= 4 is 16.7 Å². The smallest absolute Gasteiger partial charge is 0.274 e. The third-order valence-corrected chi connectivity index (χ3v) is 6.70. The first kappa shape index (κ1) is 25.5. The number of carbonyl (C=O) groups excluding carboxylic acids is 1. The van der Waals surface area contributed by atoms with E-state index in [4.69, 9.17) is 4.74 Å². The third kappa shape index (κ3) is 4.61. The largest absolute Gasteiger partial charge is 0.456 e. The van der Waals surface area contributed by atoms with Gasteiger partial charge in [-0.25, -0.2) is 0 Å². The van der Waals surface area contributed by atoms with Crippen LogP contribution in [-0.2, 0) is 19.1 Å². The second-order valence-corrected chi connectivity index (χ2v) is 9.99. The number of aliphatic hydroxyl groups is 1. The lowest BCUT2D eigenvalue weighted by Crippen LogP contribution is -2.17. The van der Waals surface area contributed by atoms with Crippen LogP contribution in [0.1, 0.15) is 66.9 Å². The number of H-pyrrole nitrogens is 1. The summed E-state index contributed by atoms with van der Waals surface area (Å²) in [5.74, 6) is 1.31. The highest BCUT2D eigenvalue weighted by atomic mass is 16.5. The fraction of sp³-hybridized carbons (Fsp3) is 0.333.